The van der Waals surface area contributed by atoms with Crippen LogP contribution < -0.4 is 4.90 Å². The van der Waals surface area contributed by atoms with Crippen LogP contribution in [0.15, 0.2) is 58.2 Å². The van der Waals surface area contributed by atoms with Gasteiger partial charge in [0.25, 0.3) is 5.91 Å². The van der Waals surface area contributed by atoms with E-state index in [1.54, 1.807) is 24.3 Å². The predicted molar refractivity (Wildman–Crippen MR) is 93.0 cm³/mol. The van der Waals surface area contributed by atoms with Crippen LogP contribution in [0, 0.1) is 5.92 Å². The average molecular weight is 406 g/mol. The van der Waals surface area contributed by atoms with Crippen LogP contribution in [0.4, 0.5) is 5.69 Å². The fourth-order valence-corrected chi connectivity index (χ4v) is 3.36. The molecule has 0 bridgehead atoms. The topological polar surface area (TPSA) is 59.0 Å². The van der Waals surface area contributed by atoms with E-state index in [1.165, 1.54) is 0 Å². The number of benzene rings is 2. The largest absolute Gasteiger partial charge is 0.381 e. The Labute approximate surface area is 151 Å². The van der Waals surface area contributed by atoms with Crippen molar-refractivity contribution < 1.29 is 14.4 Å². The van der Waals surface area contributed by atoms with E-state index in [2.05, 4.69) is 21.1 Å². The lowest BCUT2D eigenvalue weighted by molar-refractivity contribution is -0.126. The minimum Gasteiger partial charge on any atom is -0.381 e. The Morgan fingerprint density at radius 1 is 1.08 bits per heavy atom. The fraction of sp³-hybridized carbons (Fsp3) is 0.118. The zero-order valence-corrected chi connectivity index (χ0v) is 14.5. The summed E-state index contributed by atoms with van der Waals surface area (Å²) >= 11 is 9.34. The molecule has 4 rings (SSSR count). The monoisotopic (exact) mass is 404 g/mol. The molecule has 7 heteroatoms. The minimum absolute atomic E-state index is 0.355. The number of nitrogens with zero attached hydrogens (tertiary/aromatic N) is 2. The second-order valence-electron chi connectivity index (χ2n) is 5.48. The molecule has 2 amide bonds. The molecule has 24 heavy (non-hydrogen) atoms. The van der Waals surface area contributed by atoms with Crippen LogP contribution in [-0.4, -0.2) is 23.6 Å². The molecule has 0 radical (unpaired) electrons. The van der Waals surface area contributed by atoms with Gasteiger partial charge in [-0.15, -0.1) is 0 Å². The molecule has 0 saturated carbocycles. The molecule has 1 saturated heterocycles. The molecule has 0 aromatic heterocycles. The molecule has 2 aromatic carbocycles. The Kier molecular flexibility index (Phi) is 3.66. The summed E-state index contributed by atoms with van der Waals surface area (Å²) in [6, 6.07) is 14.0. The Morgan fingerprint density at radius 2 is 1.83 bits per heavy atom. The van der Waals surface area contributed by atoms with Gasteiger partial charge in [-0.2, -0.15) is 0 Å². The van der Waals surface area contributed by atoms with Crippen LogP contribution in [0.5, 0.6) is 0 Å². The molecule has 2 aromatic rings. The zero-order valence-electron chi connectivity index (χ0n) is 12.1. The molecule has 0 aliphatic carbocycles. The van der Waals surface area contributed by atoms with Crippen molar-refractivity contribution in [1.82, 2.24) is 0 Å². The summed E-state index contributed by atoms with van der Waals surface area (Å²) in [6.45, 7) is 0. The Balaban J connectivity index is 1.71. The van der Waals surface area contributed by atoms with Crippen molar-refractivity contribution in [3.63, 3.8) is 0 Å². The van der Waals surface area contributed by atoms with Gasteiger partial charge in [-0.1, -0.05) is 50.9 Å². The minimum atomic E-state index is -0.921. The molecule has 0 N–H and O–H groups in total. The molecule has 2 atom stereocenters. The van der Waals surface area contributed by atoms with Gasteiger partial charge in [0.1, 0.15) is 11.6 Å². The van der Waals surface area contributed by atoms with E-state index in [-0.39, 0.29) is 5.91 Å². The molecule has 2 heterocycles. The van der Waals surface area contributed by atoms with Crippen LogP contribution in [0.2, 0.25) is 5.02 Å². The van der Waals surface area contributed by atoms with Crippen molar-refractivity contribution in [1.29, 1.82) is 0 Å². The van der Waals surface area contributed by atoms with Crippen LogP contribution in [0.1, 0.15) is 5.56 Å². The number of rotatable bonds is 2. The quantitative estimate of drug-likeness (QED) is 0.720. The Hall–Kier alpha value is -2.18. The molecule has 0 spiro atoms. The Morgan fingerprint density at radius 3 is 2.54 bits per heavy atom. The van der Waals surface area contributed by atoms with E-state index in [9.17, 15) is 9.59 Å². The second kappa shape index (κ2) is 5.72. The number of hydrogen-bond donors (Lipinski definition) is 0. The number of imide groups is 1. The summed E-state index contributed by atoms with van der Waals surface area (Å²) in [4.78, 5) is 31.8. The molecule has 0 unspecified atom stereocenters. The van der Waals surface area contributed by atoms with Crippen LogP contribution in [0.25, 0.3) is 0 Å². The van der Waals surface area contributed by atoms with Gasteiger partial charge < -0.3 is 4.84 Å². The molecule has 2 aliphatic rings. The van der Waals surface area contributed by atoms with Gasteiger partial charge in [0.2, 0.25) is 12.0 Å². The fourth-order valence-electron chi connectivity index (χ4n) is 2.91. The smallest absolute Gasteiger partial charge is 0.278 e. The lowest BCUT2D eigenvalue weighted by atomic mass is 9.94. The lowest BCUT2D eigenvalue weighted by Crippen LogP contribution is -2.33. The summed E-state index contributed by atoms with van der Waals surface area (Å²) < 4.78 is 0.914. The summed E-state index contributed by atoms with van der Waals surface area (Å²) in [5, 5.41) is 4.43. The van der Waals surface area contributed by atoms with Gasteiger partial charge in [0.05, 0.1) is 5.69 Å². The highest BCUT2D eigenvalue weighted by Crippen LogP contribution is 2.35. The van der Waals surface area contributed by atoms with Crippen molar-refractivity contribution >= 4 is 50.7 Å². The van der Waals surface area contributed by atoms with Crippen molar-refractivity contribution in [2.24, 2.45) is 11.1 Å². The van der Waals surface area contributed by atoms with Gasteiger partial charge in [0.15, 0.2) is 0 Å². The van der Waals surface area contributed by atoms with Crippen LogP contribution in [0.3, 0.4) is 0 Å². The van der Waals surface area contributed by atoms with Crippen molar-refractivity contribution in [3.05, 3.63) is 63.6 Å². The Bertz CT molecular complexity index is 882. The van der Waals surface area contributed by atoms with E-state index in [1.807, 2.05) is 24.3 Å². The van der Waals surface area contributed by atoms with Gasteiger partial charge in [0, 0.05) is 15.1 Å². The van der Waals surface area contributed by atoms with E-state index in [4.69, 9.17) is 16.4 Å². The van der Waals surface area contributed by atoms with Gasteiger partial charge in [-0.3, -0.25) is 9.59 Å². The first-order chi connectivity index (χ1) is 11.6. The summed E-state index contributed by atoms with van der Waals surface area (Å²) in [6.07, 6.45) is -0.921. The number of halogens is 2. The van der Waals surface area contributed by atoms with Gasteiger partial charge in [-0.05, 0) is 30.3 Å². The molecule has 120 valence electrons. The number of carbonyl (C=O) groups is 2. The first-order valence-electron chi connectivity index (χ1n) is 7.19. The lowest BCUT2D eigenvalue weighted by Gasteiger charge is -2.15. The first-order valence-corrected chi connectivity index (χ1v) is 8.36. The summed E-state index contributed by atoms with van der Waals surface area (Å²) in [5.41, 5.74) is 1.65. The third-order valence-corrected chi connectivity index (χ3v) is 4.78. The maximum Gasteiger partial charge on any atom is 0.278 e. The molecule has 5 nitrogen and oxygen atoms in total. The number of fused-ring (bicyclic) bond motifs is 1. The number of oxime groups is 1. The van der Waals surface area contributed by atoms with Crippen molar-refractivity contribution in [3.8, 4) is 0 Å². The second-order valence-corrected chi connectivity index (χ2v) is 6.83. The average Bonchev–Trinajstić information content (AvgIpc) is 3.09. The van der Waals surface area contributed by atoms with Crippen molar-refractivity contribution in [2.75, 3.05) is 4.90 Å². The molecular weight excluding hydrogens is 396 g/mol. The molecular formula is C17H10BrClN2O3. The summed E-state index contributed by atoms with van der Waals surface area (Å²) in [5.74, 6) is -1.52. The van der Waals surface area contributed by atoms with E-state index in [0.717, 1.165) is 14.9 Å². The van der Waals surface area contributed by atoms with Gasteiger partial charge in [-0.25, -0.2) is 4.90 Å². The zero-order chi connectivity index (χ0) is 16.8. The maximum atomic E-state index is 12.9. The van der Waals surface area contributed by atoms with E-state index in [0.29, 0.717) is 16.4 Å². The number of hydrogen-bond acceptors (Lipinski definition) is 4. The molecule has 1 fully saturated rings. The van der Waals surface area contributed by atoms with E-state index < -0.39 is 17.9 Å². The highest BCUT2D eigenvalue weighted by molar-refractivity contribution is 9.10. The third kappa shape index (κ3) is 2.34. The van der Waals surface area contributed by atoms with Crippen LogP contribution in [-0.2, 0) is 14.4 Å². The van der Waals surface area contributed by atoms with Gasteiger partial charge >= 0.3 is 0 Å². The number of anilines is 1. The molecule has 2 aliphatic heterocycles. The maximum absolute atomic E-state index is 12.9. The highest BCUT2D eigenvalue weighted by Gasteiger charge is 2.56. The number of amides is 2. The van der Waals surface area contributed by atoms with E-state index >= 15 is 0 Å². The standard InChI is InChI=1S/C17H10BrClN2O3/c18-10-6-4-9(5-7-10)14-13-15(24-20-14)17(23)21(16(13)22)12-3-1-2-11(19)8-12/h1-8,13,15H/t13-,15+/m1/s1. The number of carbonyl (C=O) groups excluding carboxylic acids is 2. The predicted octanol–water partition coefficient (Wildman–Crippen LogP) is 3.40. The van der Waals surface area contributed by atoms with Crippen molar-refractivity contribution in [2.45, 2.75) is 6.10 Å². The van der Waals surface area contributed by atoms with Crippen LogP contribution >= 0.6 is 27.5 Å². The normalized spacial score (nSPS) is 22.4. The third-order valence-electron chi connectivity index (χ3n) is 4.02. The SMILES string of the molecule is O=C1[C@@H]2C(c3ccc(Br)cc3)=NO[C@@H]2C(=O)N1c1cccc(Cl)c1. The summed E-state index contributed by atoms with van der Waals surface area (Å²) in [7, 11) is 0. The first kappa shape index (κ1) is 15.4. The highest BCUT2D eigenvalue weighted by atomic mass is 79.9.